The molecule has 0 spiro atoms. The van der Waals surface area contributed by atoms with E-state index in [1.54, 1.807) is 0 Å². The van der Waals surface area contributed by atoms with Crippen molar-refractivity contribution in [2.24, 2.45) is 0 Å². The van der Waals surface area contributed by atoms with Crippen molar-refractivity contribution in [2.45, 2.75) is 39.0 Å². The van der Waals surface area contributed by atoms with Crippen molar-refractivity contribution in [2.75, 3.05) is 0 Å². The molecule has 2 aromatic carbocycles. The van der Waals surface area contributed by atoms with Crippen molar-refractivity contribution in [1.82, 2.24) is 0 Å². The van der Waals surface area contributed by atoms with Gasteiger partial charge in [-0.2, -0.15) is 13.2 Å². The van der Waals surface area contributed by atoms with Gasteiger partial charge in [-0.15, -0.1) is 0 Å². The minimum absolute atomic E-state index is 0.0122. The van der Waals surface area contributed by atoms with Crippen LogP contribution < -0.4 is 4.74 Å². The Labute approximate surface area is 137 Å². The van der Waals surface area contributed by atoms with Crippen LogP contribution in [0.3, 0.4) is 0 Å². The first-order valence-electron chi connectivity index (χ1n) is 7.58. The minimum atomic E-state index is -5.08. The highest BCUT2D eigenvalue weighted by atomic mass is 19.4. The molecule has 0 amide bonds. The van der Waals surface area contributed by atoms with Crippen molar-refractivity contribution >= 4 is 0 Å². The highest BCUT2D eigenvalue weighted by Gasteiger charge is 2.38. The molecule has 0 N–H and O–H groups in total. The van der Waals surface area contributed by atoms with Crippen LogP contribution in [0.25, 0.3) is 0 Å². The summed E-state index contributed by atoms with van der Waals surface area (Å²) in [5.74, 6) is -3.66. The van der Waals surface area contributed by atoms with E-state index in [0.29, 0.717) is 12.1 Å². The zero-order valence-corrected chi connectivity index (χ0v) is 13.1. The number of alkyl halides is 3. The predicted octanol–water partition coefficient (Wildman–Crippen LogP) is 5.91. The van der Waals surface area contributed by atoms with Gasteiger partial charge in [-0.1, -0.05) is 37.6 Å². The second-order valence-corrected chi connectivity index (χ2v) is 5.47. The van der Waals surface area contributed by atoms with E-state index in [-0.39, 0.29) is 12.4 Å². The molecule has 2 rings (SSSR count). The lowest BCUT2D eigenvalue weighted by atomic mass is 10.1. The second kappa shape index (κ2) is 7.64. The smallest absolute Gasteiger partial charge is 0.422 e. The summed E-state index contributed by atoms with van der Waals surface area (Å²) < 4.78 is 69.6. The summed E-state index contributed by atoms with van der Waals surface area (Å²) in [5.41, 5.74) is 0.0262. The Kier molecular flexibility index (Phi) is 5.80. The van der Waals surface area contributed by atoms with Crippen LogP contribution in [0.5, 0.6) is 5.75 Å². The third kappa shape index (κ3) is 4.69. The van der Waals surface area contributed by atoms with Gasteiger partial charge in [0.1, 0.15) is 29.6 Å². The Balaban J connectivity index is 2.04. The maximum Gasteiger partial charge on any atom is 0.422 e. The van der Waals surface area contributed by atoms with Gasteiger partial charge in [0.2, 0.25) is 0 Å². The highest BCUT2D eigenvalue weighted by Crippen LogP contribution is 2.35. The highest BCUT2D eigenvalue weighted by molar-refractivity contribution is 5.32. The number of halogens is 5. The number of benzene rings is 2. The largest absolute Gasteiger partial charge is 0.489 e. The number of hydrogen-bond donors (Lipinski definition) is 0. The number of hydrogen-bond acceptors (Lipinski definition) is 1. The van der Waals surface area contributed by atoms with Crippen LogP contribution in [0, 0.1) is 11.6 Å². The summed E-state index contributed by atoms with van der Waals surface area (Å²) >= 11 is 0. The molecular weight excluding hydrogens is 327 g/mol. The van der Waals surface area contributed by atoms with E-state index in [1.807, 2.05) is 24.3 Å². The summed E-state index contributed by atoms with van der Waals surface area (Å²) in [7, 11) is 0. The van der Waals surface area contributed by atoms with Crippen molar-refractivity contribution in [1.29, 1.82) is 0 Å². The monoisotopic (exact) mass is 344 g/mol. The maximum atomic E-state index is 13.5. The van der Waals surface area contributed by atoms with Gasteiger partial charge in [0.25, 0.3) is 0 Å². The molecule has 0 aliphatic heterocycles. The molecule has 0 saturated heterocycles. The summed E-state index contributed by atoms with van der Waals surface area (Å²) in [5, 5.41) is 0. The molecule has 24 heavy (non-hydrogen) atoms. The zero-order valence-electron chi connectivity index (χ0n) is 13.1. The van der Waals surface area contributed by atoms with Gasteiger partial charge in [0.15, 0.2) is 0 Å². The minimum Gasteiger partial charge on any atom is -0.489 e. The molecule has 2 aromatic rings. The molecule has 0 fully saturated rings. The zero-order chi connectivity index (χ0) is 17.7. The van der Waals surface area contributed by atoms with Crippen LogP contribution in [0.1, 0.15) is 36.5 Å². The molecule has 0 aliphatic rings. The van der Waals surface area contributed by atoms with Gasteiger partial charge < -0.3 is 4.74 Å². The first kappa shape index (κ1) is 18.2. The lowest BCUT2D eigenvalue weighted by molar-refractivity contribution is -0.142. The van der Waals surface area contributed by atoms with Crippen LogP contribution in [0.4, 0.5) is 22.0 Å². The number of ether oxygens (including phenoxy) is 1. The first-order chi connectivity index (χ1) is 11.3. The quantitative estimate of drug-likeness (QED) is 0.592. The molecule has 0 saturated carbocycles. The average Bonchev–Trinajstić information content (AvgIpc) is 2.50. The Morgan fingerprint density at radius 2 is 1.46 bits per heavy atom. The molecule has 0 unspecified atom stereocenters. The molecular formula is C18H17F5O. The predicted molar refractivity (Wildman–Crippen MR) is 80.7 cm³/mol. The Bertz CT molecular complexity index is 654. The lowest BCUT2D eigenvalue weighted by Gasteiger charge is -2.12. The molecule has 130 valence electrons. The van der Waals surface area contributed by atoms with E-state index >= 15 is 0 Å². The van der Waals surface area contributed by atoms with Gasteiger partial charge >= 0.3 is 6.18 Å². The normalized spacial score (nSPS) is 11.6. The van der Waals surface area contributed by atoms with Crippen molar-refractivity contribution in [3.05, 3.63) is 64.7 Å². The summed E-state index contributed by atoms with van der Waals surface area (Å²) in [6.45, 7) is 2.11. The van der Waals surface area contributed by atoms with Crippen molar-refractivity contribution in [3.63, 3.8) is 0 Å². The summed E-state index contributed by atoms with van der Waals surface area (Å²) in [6.07, 6.45) is -1.94. The second-order valence-electron chi connectivity index (χ2n) is 5.47. The maximum absolute atomic E-state index is 13.5. The Morgan fingerprint density at radius 1 is 0.917 bits per heavy atom. The fourth-order valence-electron chi connectivity index (χ4n) is 2.25. The van der Waals surface area contributed by atoms with Crippen molar-refractivity contribution < 1.29 is 26.7 Å². The number of unbranched alkanes of at least 4 members (excludes halogenated alkanes) is 1. The van der Waals surface area contributed by atoms with Crippen molar-refractivity contribution in [3.8, 4) is 5.75 Å². The SMILES string of the molecule is CCCCc1ccc(COc2cc(F)c(C(F)(F)F)c(F)c2)cc1. The van der Waals surface area contributed by atoms with E-state index in [2.05, 4.69) is 6.92 Å². The summed E-state index contributed by atoms with van der Waals surface area (Å²) in [6, 6.07) is 8.59. The lowest BCUT2D eigenvalue weighted by Crippen LogP contribution is -2.11. The van der Waals surface area contributed by atoms with Crippen LogP contribution in [0.2, 0.25) is 0 Å². The fraction of sp³-hybridized carbons (Fsp3) is 0.333. The Morgan fingerprint density at radius 3 is 1.96 bits per heavy atom. The number of rotatable bonds is 6. The molecule has 1 nitrogen and oxygen atoms in total. The van der Waals surface area contributed by atoms with E-state index < -0.39 is 23.4 Å². The van der Waals surface area contributed by atoms with Crippen LogP contribution in [-0.2, 0) is 19.2 Å². The third-order valence-electron chi connectivity index (χ3n) is 3.55. The van der Waals surface area contributed by atoms with E-state index in [9.17, 15) is 22.0 Å². The molecule has 0 radical (unpaired) electrons. The third-order valence-corrected chi connectivity index (χ3v) is 3.55. The van der Waals surface area contributed by atoms with Crippen LogP contribution >= 0.6 is 0 Å². The van der Waals surface area contributed by atoms with Gasteiger partial charge in [-0.25, -0.2) is 8.78 Å². The van der Waals surface area contributed by atoms with Gasteiger partial charge in [-0.05, 0) is 24.0 Å². The van der Waals surface area contributed by atoms with Gasteiger partial charge in [0, 0.05) is 12.1 Å². The topological polar surface area (TPSA) is 9.23 Å². The molecule has 0 aromatic heterocycles. The molecule has 6 heteroatoms. The average molecular weight is 344 g/mol. The molecule has 0 atom stereocenters. The first-order valence-corrected chi connectivity index (χ1v) is 7.58. The molecule has 0 heterocycles. The van der Waals surface area contributed by atoms with Gasteiger partial charge in [0.05, 0.1) is 0 Å². The summed E-state index contributed by atoms with van der Waals surface area (Å²) in [4.78, 5) is 0. The number of aryl methyl sites for hydroxylation is 1. The van der Waals surface area contributed by atoms with Crippen LogP contribution in [0.15, 0.2) is 36.4 Å². The van der Waals surface area contributed by atoms with Crippen LogP contribution in [-0.4, -0.2) is 0 Å². The molecule has 0 aliphatic carbocycles. The standard InChI is InChI=1S/C18H17F5O/c1-2-3-4-12-5-7-13(8-6-12)11-24-14-9-15(19)17(16(20)10-14)18(21,22)23/h5-10H,2-4,11H2,1H3. The van der Waals surface area contributed by atoms with E-state index in [0.717, 1.165) is 24.8 Å². The Hall–Kier alpha value is -2.11. The van der Waals surface area contributed by atoms with E-state index in [1.165, 1.54) is 5.56 Å². The van der Waals surface area contributed by atoms with Gasteiger partial charge in [-0.3, -0.25) is 0 Å². The fourth-order valence-corrected chi connectivity index (χ4v) is 2.25. The molecule has 0 bridgehead atoms. The van der Waals surface area contributed by atoms with E-state index in [4.69, 9.17) is 4.74 Å².